The van der Waals surface area contributed by atoms with E-state index in [4.69, 9.17) is 14.2 Å². The van der Waals surface area contributed by atoms with Crippen molar-refractivity contribution in [2.24, 2.45) is 0 Å². The van der Waals surface area contributed by atoms with Crippen molar-refractivity contribution in [3.63, 3.8) is 0 Å². The normalized spacial score (nSPS) is 12.6. The van der Waals surface area contributed by atoms with Gasteiger partial charge in [0.05, 0.1) is 49.0 Å². The number of anilines is 3. The third kappa shape index (κ3) is 15.4. The van der Waals surface area contributed by atoms with Crippen molar-refractivity contribution in [3.8, 4) is 22.5 Å². The van der Waals surface area contributed by atoms with E-state index in [1.807, 2.05) is 138 Å². The van der Waals surface area contributed by atoms with Crippen molar-refractivity contribution in [2.45, 2.75) is 60.7 Å². The summed E-state index contributed by atoms with van der Waals surface area (Å²) in [6, 6.07) is 33.5. The van der Waals surface area contributed by atoms with Crippen LogP contribution >= 0.6 is 0 Å². The summed E-state index contributed by atoms with van der Waals surface area (Å²) in [5.74, 6) is 1.21. The summed E-state index contributed by atoms with van der Waals surface area (Å²) in [7, 11) is 0. The van der Waals surface area contributed by atoms with E-state index in [0.29, 0.717) is 57.7 Å². The number of nitrogens with one attached hydrogen (secondary N) is 1. The molecule has 61 heavy (non-hydrogen) atoms. The molecule has 0 saturated carbocycles. The van der Waals surface area contributed by atoms with Gasteiger partial charge in [-0.2, -0.15) is 0 Å². The lowest BCUT2D eigenvalue weighted by Gasteiger charge is -2.29. The fourth-order valence-corrected chi connectivity index (χ4v) is 6.63. The maximum Gasteiger partial charge on any atom is 0.246 e. The fraction of sp³-hybridized carbons (Fsp3) is 0.438. The molecule has 1 amide bonds. The zero-order chi connectivity index (χ0) is 43.7. The smallest absolute Gasteiger partial charge is 0.246 e. The quantitative estimate of drug-likeness (QED) is 0.0732. The number of hydrogen-bond donors (Lipinski definition) is 2. The molecule has 1 aliphatic rings. The predicted molar refractivity (Wildman–Crippen MR) is 245 cm³/mol. The molecule has 0 spiro atoms. The van der Waals surface area contributed by atoms with Crippen LogP contribution in [-0.4, -0.2) is 120 Å². The minimum absolute atomic E-state index is 0.0250. The molecule has 2 N–H and O–H groups in total. The largest absolute Gasteiger partial charge is 0.395 e. The second-order valence-corrected chi connectivity index (χ2v) is 14.0. The van der Waals surface area contributed by atoms with Crippen LogP contribution in [0.1, 0.15) is 64.9 Å². The molecule has 1 aliphatic heterocycles. The number of aliphatic hydroxyl groups is 1. The molecule has 13 heteroatoms. The first-order valence-corrected chi connectivity index (χ1v) is 21.8. The van der Waals surface area contributed by atoms with Crippen LogP contribution in [0.5, 0.6) is 0 Å². The molecule has 0 atom stereocenters. The summed E-state index contributed by atoms with van der Waals surface area (Å²) >= 11 is 0. The van der Waals surface area contributed by atoms with E-state index < -0.39 is 6.29 Å². The second kappa shape index (κ2) is 27.6. The van der Waals surface area contributed by atoms with Gasteiger partial charge in [0.1, 0.15) is 0 Å². The van der Waals surface area contributed by atoms with Gasteiger partial charge < -0.3 is 24.6 Å². The first-order valence-electron chi connectivity index (χ1n) is 21.8. The molecular formula is C48H66N8O5. The summed E-state index contributed by atoms with van der Waals surface area (Å²) in [4.78, 5) is 19.3. The summed E-state index contributed by atoms with van der Waals surface area (Å²) in [5, 5.41) is 30.4. The zero-order valence-corrected chi connectivity index (χ0v) is 37.0. The van der Waals surface area contributed by atoms with Gasteiger partial charge in [0.25, 0.3) is 0 Å². The molecule has 0 bridgehead atoms. The van der Waals surface area contributed by atoms with E-state index in [9.17, 15) is 9.90 Å². The highest BCUT2D eigenvalue weighted by Crippen LogP contribution is 2.30. The number of amides is 1. The number of unbranched alkanes of at least 4 members (excludes halogenated alkanes) is 1. The Bertz CT molecular complexity index is 1950. The molecular weight excluding hydrogens is 769 g/mol. The first kappa shape index (κ1) is 48.5. The molecule has 2 aromatic heterocycles. The van der Waals surface area contributed by atoms with Crippen LogP contribution in [0.2, 0.25) is 0 Å². The molecule has 0 radical (unpaired) electrons. The molecule has 1 fully saturated rings. The van der Waals surface area contributed by atoms with Crippen LogP contribution < -0.4 is 10.2 Å². The predicted octanol–water partition coefficient (Wildman–Crippen LogP) is 8.20. The minimum Gasteiger partial charge on any atom is -0.395 e. The van der Waals surface area contributed by atoms with E-state index in [2.05, 4.69) is 42.4 Å². The second-order valence-electron chi connectivity index (χ2n) is 14.0. The van der Waals surface area contributed by atoms with Crippen LogP contribution in [-0.2, 0) is 19.0 Å². The van der Waals surface area contributed by atoms with Crippen LogP contribution in [0.4, 0.5) is 17.3 Å². The highest BCUT2D eigenvalue weighted by Gasteiger charge is 2.25. The van der Waals surface area contributed by atoms with Gasteiger partial charge in [-0.3, -0.25) is 19.5 Å². The SMILES string of the molecule is CC.CCCCN(CCO)CCNc1nnc(-c2ccccc2)cc1C(OCC)OCC.Cc1cc(-c2ccccc2)nnc1N(C(=O)CN1CCOCC1)c1ccccc1. The van der Waals surface area contributed by atoms with Crippen molar-refractivity contribution >= 4 is 23.2 Å². The lowest BCUT2D eigenvalue weighted by molar-refractivity contribution is -0.140. The Morgan fingerprint density at radius 3 is 1.92 bits per heavy atom. The van der Waals surface area contributed by atoms with Crippen LogP contribution in [0.15, 0.2) is 103 Å². The summed E-state index contributed by atoms with van der Waals surface area (Å²) in [5.41, 5.74) is 6.10. The van der Waals surface area contributed by atoms with E-state index in [0.717, 1.165) is 78.3 Å². The van der Waals surface area contributed by atoms with Gasteiger partial charge in [0.15, 0.2) is 17.9 Å². The number of aryl methyl sites for hydroxylation is 1. The monoisotopic (exact) mass is 835 g/mol. The number of morpholine rings is 1. The average molecular weight is 835 g/mol. The highest BCUT2D eigenvalue weighted by atomic mass is 16.7. The number of carbonyl (C=O) groups is 1. The topological polar surface area (TPSA) is 138 Å². The maximum atomic E-state index is 13.3. The van der Waals surface area contributed by atoms with Crippen LogP contribution in [0, 0.1) is 6.92 Å². The standard InChI is InChI=1S/C23H36N4O3.C23H24N4O2.C2H6/c1-4-7-14-27(16-17-28)15-13-24-22-20(23(29-5-2)30-6-3)18-21(25-26-22)19-11-9-8-10-12-19;1-18-16-21(19-8-4-2-5-9-19)24-25-23(18)27(20-10-6-3-7-11-20)22(28)17-26-12-14-29-15-13-26;1-2/h8-12,18,23,28H,4-7,13-17H2,1-3H3,(H,24,26);2-11,16H,12-15,17H2,1H3;1-2H3. The lowest BCUT2D eigenvalue weighted by Crippen LogP contribution is -2.44. The number of nitrogens with zero attached hydrogens (tertiary/aromatic N) is 7. The molecule has 13 nitrogen and oxygen atoms in total. The number of rotatable bonds is 20. The lowest BCUT2D eigenvalue weighted by atomic mass is 10.1. The number of benzene rings is 3. The third-order valence-corrected chi connectivity index (χ3v) is 9.71. The van der Waals surface area contributed by atoms with Gasteiger partial charge in [-0.05, 0) is 63.6 Å². The number of aliphatic hydroxyl groups excluding tert-OH is 1. The zero-order valence-electron chi connectivity index (χ0n) is 37.0. The van der Waals surface area contributed by atoms with Gasteiger partial charge >= 0.3 is 0 Å². The Hall–Kier alpha value is -5.15. The molecule has 5 aromatic rings. The van der Waals surface area contributed by atoms with E-state index in [-0.39, 0.29) is 12.5 Å². The Kier molecular flexibility index (Phi) is 22.0. The molecule has 328 valence electrons. The molecule has 0 aliphatic carbocycles. The number of aromatic nitrogens is 4. The fourth-order valence-electron chi connectivity index (χ4n) is 6.63. The van der Waals surface area contributed by atoms with E-state index in [1.54, 1.807) is 4.90 Å². The summed E-state index contributed by atoms with van der Waals surface area (Å²) < 4.78 is 17.1. The summed E-state index contributed by atoms with van der Waals surface area (Å²) in [6.07, 6.45) is 1.75. The Morgan fingerprint density at radius 2 is 1.36 bits per heavy atom. The Morgan fingerprint density at radius 1 is 0.787 bits per heavy atom. The van der Waals surface area contributed by atoms with Crippen LogP contribution in [0.3, 0.4) is 0 Å². The minimum atomic E-state index is -0.505. The van der Waals surface area contributed by atoms with Crippen molar-refractivity contribution < 1.29 is 24.1 Å². The van der Waals surface area contributed by atoms with Crippen molar-refractivity contribution in [1.82, 2.24) is 30.2 Å². The maximum absolute atomic E-state index is 13.3. The molecule has 3 aromatic carbocycles. The van der Waals surface area contributed by atoms with Gasteiger partial charge in [-0.15, -0.1) is 20.4 Å². The number of hydrogen-bond acceptors (Lipinski definition) is 12. The number of para-hydroxylation sites is 1. The Balaban J connectivity index is 0.000000258. The molecule has 6 rings (SSSR count). The average Bonchev–Trinajstić information content (AvgIpc) is 3.31. The van der Waals surface area contributed by atoms with Gasteiger partial charge in [-0.25, -0.2) is 0 Å². The third-order valence-electron chi connectivity index (χ3n) is 9.71. The molecule has 0 unspecified atom stereocenters. The van der Waals surface area contributed by atoms with Gasteiger partial charge in [-0.1, -0.05) is 106 Å². The van der Waals surface area contributed by atoms with E-state index in [1.165, 1.54) is 0 Å². The first-order chi connectivity index (χ1) is 29.9. The van der Waals surface area contributed by atoms with Crippen molar-refractivity contribution in [2.75, 3.05) is 89.1 Å². The Labute approximate surface area is 363 Å². The van der Waals surface area contributed by atoms with Crippen molar-refractivity contribution in [1.29, 1.82) is 0 Å². The van der Waals surface area contributed by atoms with Gasteiger partial charge in [0.2, 0.25) is 5.91 Å². The molecule has 3 heterocycles. The molecule has 1 saturated heterocycles. The van der Waals surface area contributed by atoms with E-state index >= 15 is 0 Å². The highest BCUT2D eigenvalue weighted by molar-refractivity contribution is 6.01. The van der Waals surface area contributed by atoms with Gasteiger partial charge in [0, 0.05) is 57.1 Å². The van der Waals surface area contributed by atoms with Crippen LogP contribution in [0.25, 0.3) is 22.5 Å². The number of carbonyl (C=O) groups excluding carboxylic acids is 1. The van der Waals surface area contributed by atoms with Crippen molar-refractivity contribution in [3.05, 3.63) is 114 Å². The number of ether oxygens (including phenoxy) is 3. The summed E-state index contributed by atoms with van der Waals surface area (Å²) in [6.45, 7) is 19.6.